The molecule has 0 radical (unpaired) electrons. The van der Waals surface area contributed by atoms with Gasteiger partial charge in [0.1, 0.15) is 6.04 Å². The summed E-state index contributed by atoms with van der Waals surface area (Å²) in [5.74, 6) is -0.695. The molecule has 1 aromatic heterocycles. The molecule has 1 aliphatic heterocycles. The number of benzene rings is 1. The van der Waals surface area contributed by atoms with Gasteiger partial charge in [-0.2, -0.15) is 0 Å². The van der Waals surface area contributed by atoms with E-state index in [0.29, 0.717) is 10.8 Å². The van der Waals surface area contributed by atoms with Gasteiger partial charge in [0.05, 0.1) is 11.5 Å². The lowest BCUT2D eigenvalue weighted by molar-refractivity contribution is -0.150. The van der Waals surface area contributed by atoms with Crippen LogP contribution in [0.25, 0.3) is 11.8 Å². The molecule has 7 heteroatoms. The van der Waals surface area contributed by atoms with E-state index in [-0.39, 0.29) is 6.61 Å². The van der Waals surface area contributed by atoms with Gasteiger partial charge in [-0.05, 0) is 74.7 Å². The molecule has 31 heavy (non-hydrogen) atoms. The van der Waals surface area contributed by atoms with E-state index >= 15 is 0 Å². The van der Waals surface area contributed by atoms with Crippen molar-refractivity contribution in [1.82, 2.24) is 9.47 Å². The van der Waals surface area contributed by atoms with Crippen molar-refractivity contribution in [3.05, 3.63) is 57.8 Å². The second-order valence-electron chi connectivity index (χ2n) is 7.86. The monoisotopic (exact) mass is 440 g/mol. The number of hydrogen-bond donors (Lipinski definition) is 0. The Kier molecular flexibility index (Phi) is 6.74. The lowest BCUT2D eigenvalue weighted by Crippen LogP contribution is -2.42. The number of amides is 2. The maximum absolute atomic E-state index is 12.9. The van der Waals surface area contributed by atoms with Crippen molar-refractivity contribution >= 4 is 35.0 Å². The summed E-state index contributed by atoms with van der Waals surface area (Å²) >= 11 is 0.850. The first-order valence-corrected chi connectivity index (χ1v) is 11.2. The Morgan fingerprint density at radius 2 is 1.84 bits per heavy atom. The van der Waals surface area contributed by atoms with Gasteiger partial charge in [-0.25, -0.2) is 4.79 Å². The number of imide groups is 1. The van der Waals surface area contributed by atoms with E-state index in [1.807, 2.05) is 32.0 Å². The average molecular weight is 441 g/mol. The molecule has 2 heterocycles. The zero-order chi connectivity index (χ0) is 22.9. The number of carbonyl (C=O) groups is 3. The molecule has 0 unspecified atom stereocenters. The lowest BCUT2D eigenvalue weighted by Gasteiger charge is -2.19. The van der Waals surface area contributed by atoms with E-state index in [2.05, 4.69) is 30.5 Å². The standard InChI is InChI=1S/C24H28N2O4S/c1-7-30-23(28)17(6)26-22(27)21(31-24(26)29)13-18-12-15(4)25(16(18)5)20-11-9-8-10-19(20)14(2)3/h8-14,17H,7H2,1-6H3/b21-13+/t17-/m1/s1. The second-order valence-corrected chi connectivity index (χ2v) is 8.85. The van der Waals surface area contributed by atoms with Crippen LogP contribution in [0.3, 0.4) is 0 Å². The molecule has 164 valence electrons. The highest BCUT2D eigenvalue weighted by atomic mass is 32.2. The minimum absolute atomic E-state index is 0.194. The van der Waals surface area contributed by atoms with E-state index in [4.69, 9.17) is 4.74 Å². The fourth-order valence-corrected chi connectivity index (χ4v) is 4.71. The average Bonchev–Trinajstić information content (AvgIpc) is 3.15. The molecule has 0 aliphatic carbocycles. The van der Waals surface area contributed by atoms with E-state index < -0.39 is 23.2 Å². The molecular formula is C24H28N2O4S. The maximum atomic E-state index is 12.9. The number of nitrogens with zero attached hydrogens (tertiary/aromatic N) is 2. The molecule has 6 nitrogen and oxygen atoms in total. The minimum Gasteiger partial charge on any atom is -0.464 e. The van der Waals surface area contributed by atoms with Crippen LogP contribution in [0.1, 0.15) is 56.1 Å². The molecular weight excluding hydrogens is 412 g/mol. The third-order valence-corrected chi connectivity index (χ3v) is 6.28. The molecule has 0 N–H and O–H groups in total. The minimum atomic E-state index is -0.955. The predicted molar refractivity (Wildman–Crippen MR) is 123 cm³/mol. The molecule has 0 saturated carbocycles. The SMILES string of the molecule is CCOC(=O)[C@@H](C)N1C(=O)S/C(=C/c2cc(C)n(-c3ccccc3C(C)C)c2C)C1=O. The summed E-state index contributed by atoms with van der Waals surface area (Å²) in [5, 5.41) is -0.462. The number of aromatic nitrogens is 1. The van der Waals surface area contributed by atoms with E-state index in [1.54, 1.807) is 13.0 Å². The van der Waals surface area contributed by atoms with Gasteiger partial charge < -0.3 is 9.30 Å². The van der Waals surface area contributed by atoms with Crippen molar-refractivity contribution in [1.29, 1.82) is 0 Å². The smallest absolute Gasteiger partial charge is 0.329 e. The van der Waals surface area contributed by atoms with Crippen LogP contribution >= 0.6 is 11.8 Å². The highest BCUT2D eigenvalue weighted by Crippen LogP contribution is 2.35. The Balaban J connectivity index is 1.98. The zero-order valence-corrected chi connectivity index (χ0v) is 19.6. The van der Waals surface area contributed by atoms with Gasteiger partial charge in [0.15, 0.2) is 0 Å². The number of hydrogen-bond acceptors (Lipinski definition) is 5. The highest BCUT2D eigenvalue weighted by molar-refractivity contribution is 8.18. The van der Waals surface area contributed by atoms with Crippen molar-refractivity contribution in [3.63, 3.8) is 0 Å². The van der Waals surface area contributed by atoms with Gasteiger partial charge in [0, 0.05) is 17.1 Å². The number of ether oxygens (including phenoxy) is 1. The zero-order valence-electron chi connectivity index (χ0n) is 18.8. The first-order valence-electron chi connectivity index (χ1n) is 10.4. The summed E-state index contributed by atoms with van der Waals surface area (Å²) in [4.78, 5) is 38.6. The molecule has 1 aliphatic rings. The van der Waals surface area contributed by atoms with Crippen LogP contribution in [0.5, 0.6) is 0 Å². The maximum Gasteiger partial charge on any atom is 0.329 e. The molecule has 1 aromatic carbocycles. The predicted octanol–water partition coefficient (Wildman–Crippen LogP) is 5.21. The Labute approximate surface area is 187 Å². The summed E-state index contributed by atoms with van der Waals surface area (Å²) < 4.78 is 7.14. The van der Waals surface area contributed by atoms with E-state index in [1.165, 1.54) is 12.5 Å². The van der Waals surface area contributed by atoms with Crippen molar-refractivity contribution in [2.75, 3.05) is 6.61 Å². The molecule has 2 aromatic rings. The van der Waals surface area contributed by atoms with Crippen LogP contribution < -0.4 is 0 Å². The van der Waals surface area contributed by atoms with Crippen LogP contribution in [-0.4, -0.2) is 39.2 Å². The van der Waals surface area contributed by atoms with Crippen LogP contribution in [0.2, 0.25) is 0 Å². The Morgan fingerprint density at radius 1 is 1.16 bits per heavy atom. The van der Waals surface area contributed by atoms with Crippen LogP contribution in [0, 0.1) is 13.8 Å². The number of para-hydroxylation sites is 1. The number of thioether (sulfide) groups is 1. The normalized spacial score (nSPS) is 16.5. The highest BCUT2D eigenvalue weighted by Gasteiger charge is 2.41. The van der Waals surface area contributed by atoms with Crippen LogP contribution in [0.4, 0.5) is 4.79 Å². The Morgan fingerprint density at radius 3 is 2.48 bits per heavy atom. The van der Waals surface area contributed by atoms with E-state index in [9.17, 15) is 14.4 Å². The summed E-state index contributed by atoms with van der Waals surface area (Å²) in [6, 6.07) is 9.32. The molecule has 1 fully saturated rings. The summed E-state index contributed by atoms with van der Waals surface area (Å²) in [7, 11) is 0. The summed E-state index contributed by atoms with van der Waals surface area (Å²) in [5.41, 5.74) is 5.23. The molecule has 1 saturated heterocycles. The molecule has 0 bridgehead atoms. The van der Waals surface area contributed by atoms with Crippen LogP contribution in [0.15, 0.2) is 35.2 Å². The fourth-order valence-electron chi connectivity index (χ4n) is 3.81. The van der Waals surface area contributed by atoms with Crippen LogP contribution in [-0.2, 0) is 14.3 Å². The Bertz CT molecular complexity index is 1070. The molecule has 0 spiro atoms. The van der Waals surface area contributed by atoms with Gasteiger partial charge in [0.2, 0.25) is 0 Å². The third kappa shape index (κ3) is 4.32. The van der Waals surface area contributed by atoms with Gasteiger partial charge in [-0.15, -0.1) is 0 Å². The quantitative estimate of drug-likeness (QED) is 0.456. The van der Waals surface area contributed by atoms with Crippen molar-refractivity contribution in [3.8, 4) is 5.69 Å². The number of carbonyl (C=O) groups excluding carboxylic acids is 3. The van der Waals surface area contributed by atoms with Gasteiger partial charge in [-0.1, -0.05) is 32.0 Å². The second kappa shape index (κ2) is 9.14. The van der Waals surface area contributed by atoms with Gasteiger partial charge in [0.25, 0.3) is 11.1 Å². The number of aryl methyl sites for hydroxylation is 1. The molecule has 2 amide bonds. The largest absolute Gasteiger partial charge is 0.464 e. The number of esters is 1. The van der Waals surface area contributed by atoms with Gasteiger partial charge >= 0.3 is 5.97 Å². The van der Waals surface area contributed by atoms with Crippen molar-refractivity contribution < 1.29 is 19.1 Å². The topological polar surface area (TPSA) is 68.6 Å². The van der Waals surface area contributed by atoms with Gasteiger partial charge in [-0.3, -0.25) is 14.5 Å². The lowest BCUT2D eigenvalue weighted by atomic mass is 10.0. The fraction of sp³-hybridized carbons (Fsp3) is 0.375. The summed E-state index contributed by atoms with van der Waals surface area (Å²) in [6.45, 7) is 11.7. The number of rotatable bonds is 6. The molecule has 1 atom stereocenters. The van der Waals surface area contributed by atoms with Crippen molar-refractivity contribution in [2.24, 2.45) is 0 Å². The summed E-state index contributed by atoms with van der Waals surface area (Å²) in [6.07, 6.45) is 1.74. The first kappa shape index (κ1) is 22.9. The molecule has 3 rings (SSSR count). The Hall–Kier alpha value is -2.80. The van der Waals surface area contributed by atoms with Crippen molar-refractivity contribution in [2.45, 2.75) is 53.5 Å². The third-order valence-electron chi connectivity index (χ3n) is 5.40. The first-order chi connectivity index (χ1) is 14.7. The van der Waals surface area contributed by atoms with E-state index in [0.717, 1.165) is 39.3 Å².